The molecule has 4 aromatic carbocycles. The molecule has 5 heteroatoms. The molecule has 3 heterocycles. The van der Waals surface area contributed by atoms with E-state index >= 15 is 0 Å². The van der Waals surface area contributed by atoms with Crippen LogP contribution in [0, 0.1) is 6.92 Å². The number of allylic oxidation sites excluding steroid dienone is 1. The van der Waals surface area contributed by atoms with E-state index in [0.29, 0.717) is 0 Å². The number of hydrogen-bond acceptors (Lipinski definition) is 0. The second kappa shape index (κ2) is 14.2. The van der Waals surface area contributed by atoms with Crippen molar-refractivity contribution in [1.29, 1.82) is 0 Å². The molecule has 0 N–H and O–H groups in total. The van der Waals surface area contributed by atoms with Crippen molar-refractivity contribution in [3.63, 3.8) is 0 Å². The monoisotopic (exact) mass is 686 g/mol. The van der Waals surface area contributed by atoms with Gasteiger partial charge in [-0.2, -0.15) is 6.07 Å². The number of nitrogens with zero attached hydrogens (tertiary/aromatic N) is 1. The van der Waals surface area contributed by atoms with Gasteiger partial charge in [0.05, 0.1) is 8.07 Å². The summed E-state index contributed by atoms with van der Waals surface area (Å²) in [5.41, 5.74) is 12.3. The third kappa shape index (κ3) is 6.27. The smallest absolute Gasteiger partial charge is 1.00 e. The van der Waals surface area contributed by atoms with Gasteiger partial charge in [-0.25, -0.2) is 0 Å². The van der Waals surface area contributed by atoms with Crippen LogP contribution in [-0.2, 0) is 32.6 Å². The van der Waals surface area contributed by atoms with Gasteiger partial charge in [-0.05, 0) is 54.2 Å². The SMILES string of the molecule is CC1=C2c3cn(-c4ccccc4)cc3C1[Si]2(C)C.CCCCCc1ccc(-c2cccc3[cH-]c(C)cc23)cc1.[Cl-].[Cl-].[Zr+3]. The molecule has 0 spiro atoms. The summed E-state index contributed by atoms with van der Waals surface area (Å²) < 4.78 is 2.29. The Hall–Kier alpha value is -2.03. The molecule has 1 atom stereocenters. The van der Waals surface area contributed by atoms with Gasteiger partial charge < -0.3 is 29.4 Å². The second-order valence-electron chi connectivity index (χ2n) is 12.1. The summed E-state index contributed by atoms with van der Waals surface area (Å²) in [7, 11) is -1.12. The summed E-state index contributed by atoms with van der Waals surface area (Å²) in [6.45, 7) is 11.8. The zero-order valence-electron chi connectivity index (χ0n) is 25.3. The number of hydrogen-bond donors (Lipinski definition) is 0. The predicted molar refractivity (Wildman–Crippen MR) is 172 cm³/mol. The Kier molecular flexibility index (Phi) is 11.6. The van der Waals surface area contributed by atoms with Crippen molar-refractivity contribution in [2.24, 2.45) is 0 Å². The summed E-state index contributed by atoms with van der Waals surface area (Å²) in [5, 5.41) is 4.43. The van der Waals surface area contributed by atoms with Crippen molar-refractivity contribution >= 4 is 24.0 Å². The summed E-state index contributed by atoms with van der Waals surface area (Å²) in [4.78, 5) is 0. The minimum atomic E-state index is -1.12. The minimum Gasteiger partial charge on any atom is -1.00 e. The maximum absolute atomic E-state index is 2.51. The van der Waals surface area contributed by atoms with Crippen molar-refractivity contribution in [3.8, 4) is 16.8 Å². The molecule has 1 unspecified atom stereocenters. The quantitative estimate of drug-likeness (QED) is 0.142. The molecule has 0 amide bonds. The number of unbranched alkanes of at least 4 members (excludes halogenated alkanes) is 2. The molecule has 0 saturated heterocycles. The average Bonchev–Trinajstić information content (AvgIpc) is 3.64. The van der Waals surface area contributed by atoms with Crippen LogP contribution in [0.4, 0.5) is 0 Å². The molecule has 1 aliphatic carbocycles. The van der Waals surface area contributed by atoms with Gasteiger partial charge in [-0.15, -0.1) is 34.5 Å². The molecule has 1 radical (unpaired) electrons. The van der Waals surface area contributed by atoms with Crippen molar-refractivity contribution in [3.05, 3.63) is 125 Å². The molecular weight excluding hydrogens is 649 g/mol. The zero-order valence-corrected chi connectivity index (χ0v) is 30.3. The molecule has 0 saturated carbocycles. The number of aromatic nitrogens is 1. The summed E-state index contributed by atoms with van der Waals surface area (Å²) in [6.07, 6.45) is 9.81. The van der Waals surface area contributed by atoms with Gasteiger partial charge in [0.2, 0.25) is 0 Å². The van der Waals surface area contributed by atoms with E-state index in [9.17, 15) is 0 Å². The van der Waals surface area contributed by atoms with E-state index in [2.05, 4.69) is 136 Å². The molecule has 42 heavy (non-hydrogen) atoms. The van der Waals surface area contributed by atoms with Gasteiger partial charge >= 0.3 is 26.2 Å². The molecule has 5 aromatic rings. The molecule has 0 fully saturated rings. The Morgan fingerprint density at radius 3 is 2.17 bits per heavy atom. The standard InChI is InChI=1S/C21H23.C16H17NSi.2ClH.Zr/c1-3-4-5-7-17-10-12-18(13-11-17)20-9-6-8-19-14-16(2)15-21(19)20;1-11-15-13-9-17(12-7-5-4-6-8-12)10-14(13)16(11)18(15,2)3;;;/h6,8-15H,3-5,7H2,1-2H3;4-10,15H,1-3H3;2*1H;/q-1;;;;+3/p-2. The Morgan fingerprint density at radius 1 is 0.810 bits per heavy atom. The van der Waals surface area contributed by atoms with E-state index in [4.69, 9.17) is 0 Å². The number of para-hydroxylation sites is 1. The van der Waals surface area contributed by atoms with Crippen LogP contribution in [0.15, 0.2) is 103 Å². The zero-order chi connectivity index (χ0) is 27.1. The second-order valence-corrected chi connectivity index (χ2v) is 16.6. The van der Waals surface area contributed by atoms with Crippen LogP contribution in [0.1, 0.15) is 60.9 Å². The summed E-state index contributed by atoms with van der Waals surface area (Å²) in [5.74, 6) is 0. The van der Waals surface area contributed by atoms with E-state index in [1.807, 2.05) is 0 Å². The van der Waals surface area contributed by atoms with Gasteiger partial charge in [-0.3, -0.25) is 0 Å². The fraction of sp³-hybridized carbons (Fsp3) is 0.270. The summed E-state index contributed by atoms with van der Waals surface area (Å²) >= 11 is 0. The molecular formula is C37H40Cl2NSiZr. The van der Waals surface area contributed by atoms with Crippen LogP contribution in [0.2, 0.25) is 13.1 Å². The third-order valence-corrected chi connectivity index (χ3v) is 13.1. The van der Waals surface area contributed by atoms with Gasteiger partial charge in [0, 0.05) is 23.6 Å². The molecule has 2 aliphatic heterocycles. The topological polar surface area (TPSA) is 4.93 Å². The minimum absolute atomic E-state index is 0. The van der Waals surface area contributed by atoms with Crippen LogP contribution in [-0.4, -0.2) is 12.6 Å². The molecule has 8 rings (SSSR count). The Labute approximate surface area is 284 Å². The molecule has 1 nitrogen and oxygen atoms in total. The van der Waals surface area contributed by atoms with Crippen LogP contribution < -0.4 is 24.8 Å². The van der Waals surface area contributed by atoms with E-state index < -0.39 is 8.07 Å². The number of aryl methyl sites for hydroxylation is 2. The first kappa shape index (κ1) is 34.5. The van der Waals surface area contributed by atoms with E-state index in [-0.39, 0.29) is 51.0 Å². The van der Waals surface area contributed by atoms with Gasteiger partial charge in [0.15, 0.2) is 0 Å². The Morgan fingerprint density at radius 2 is 1.52 bits per heavy atom. The largest absolute Gasteiger partial charge is 3.00 e. The fourth-order valence-corrected chi connectivity index (χ4v) is 11.5. The fourth-order valence-electron chi connectivity index (χ4n) is 7.17. The molecule has 2 bridgehead atoms. The molecule has 1 aromatic heterocycles. The maximum atomic E-state index is 2.51. The van der Waals surface area contributed by atoms with Crippen LogP contribution in [0.3, 0.4) is 0 Å². The number of halogens is 2. The first-order chi connectivity index (χ1) is 18.9. The Balaban J connectivity index is 0.000000217. The Bertz CT molecular complexity index is 1660. The molecule has 3 aliphatic rings. The van der Waals surface area contributed by atoms with Crippen LogP contribution >= 0.6 is 0 Å². The molecule has 215 valence electrons. The first-order valence-corrected chi connectivity index (χ1v) is 17.7. The van der Waals surface area contributed by atoms with Crippen molar-refractivity contribution < 1.29 is 51.0 Å². The van der Waals surface area contributed by atoms with Gasteiger partial charge in [-0.1, -0.05) is 105 Å². The van der Waals surface area contributed by atoms with Gasteiger partial charge in [0.25, 0.3) is 0 Å². The predicted octanol–water partition coefficient (Wildman–Crippen LogP) is 4.42. The number of benzene rings is 3. The van der Waals surface area contributed by atoms with E-state index in [1.165, 1.54) is 70.0 Å². The van der Waals surface area contributed by atoms with E-state index in [1.54, 1.807) is 16.3 Å². The first-order valence-electron chi connectivity index (χ1n) is 14.6. The normalized spacial score (nSPS) is 15.4. The van der Waals surface area contributed by atoms with Crippen molar-refractivity contribution in [1.82, 2.24) is 4.57 Å². The summed E-state index contributed by atoms with van der Waals surface area (Å²) in [6, 6.07) is 30.9. The van der Waals surface area contributed by atoms with Crippen LogP contribution in [0.5, 0.6) is 0 Å². The third-order valence-electron chi connectivity index (χ3n) is 8.91. The number of rotatable bonds is 6. The maximum Gasteiger partial charge on any atom is 3.00 e. The van der Waals surface area contributed by atoms with Crippen LogP contribution in [0.25, 0.3) is 32.8 Å². The average molecular weight is 689 g/mol. The van der Waals surface area contributed by atoms with E-state index in [0.717, 1.165) is 5.54 Å². The van der Waals surface area contributed by atoms with Crippen molar-refractivity contribution in [2.75, 3.05) is 0 Å². The van der Waals surface area contributed by atoms with Crippen molar-refractivity contribution in [2.45, 2.75) is 65.1 Å². The number of fused-ring (bicyclic) bond motifs is 1. The van der Waals surface area contributed by atoms with Gasteiger partial charge in [0.1, 0.15) is 0 Å².